The number of carbonyl (C=O) groups excluding carboxylic acids is 10. The highest BCUT2D eigenvalue weighted by molar-refractivity contribution is 7.98. The van der Waals surface area contributed by atoms with Crippen LogP contribution in [0.5, 0.6) is 0 Å². The fourth-order valence-electron chi connectivity index (χ4n) is 15.7. The monoisotopic (exact) mass is 1400 g/mol. The third-order valence-corrected chi connectivity index (χ3v) is 23.3. The predicted octanol–water partition coefficient (Wildman–Crippen LogP) is -0.226. The lowest BCUT2D eigenvalue weighted by Crippen LogP contribution is -2.60. The molecule has 17 N–H and O–H groups in total. The van der Waals surface area contributed by atoms with Gasteiger partial charge in [-0.1, -0.05) is 24.3 Å². The SMILES string of the molecule is C[C@@H]1NC(=O)[C@H](CC2CNC3CCC(F)CC23)NC(=O)[C@H](CC2CNC3CCC(F)CC23)NC(=O)CNC(=O)[C@H](CCCCN)NC(=O)CCSCc2cccc(c2)CSC[C@@H](C(N)=O)NC(=O)[C@@H]2CCCN2C(=O)[C@H](CC2CCC(O)CC2)NC(=O)[C@H](CC2CNCN2)NC1=O. The first-order valence-electron chi connectivity index (χ1n) is 35.5. The van der Waals surface area contributed by atoms with Crippen molar-refractivity contribution in [3.63, 3.8) is 0 Å². The number of nitrogens with one attached hydrogen (secondary N) is 12. The third-order valence-electron chi connectivity index (χ3n) is 21.1. The maximum Gasteiger partial charge on any atom is 0.245 e. The van der Waals surface area contributed by atoms with Crippen LogP contribution in [0.4, 0.5) is 8.78 Å². The van der Waals surface area contributed by atoms with Crippen molar-refractivity contribution >= 4 is 82.6 Å². The van der Waals surface area contributed by atoms with Gasteiger partial charge in [0.05, 0.1) is 12.6 Å². The van der Waals surface area contributed by atoms with E-state index in [4.69, 9.17) is 11.5 Å². The van der Waals surface area contributed by atoms with Crippen molar-refractivity contribution < 1.29 is 61.8 Å². The molecule has 9 unspecified atom stereocenters. The lowest BCUT2D eigenvalue weighted by Gasteiger charge is -2.34. The van der Waals surface area contributed by atoms with Crippen molar-refractivity contribution in [2.45, 2.75) is 232 Å². The van der Waals surface area contributed by atoms with Gasteiger partial charge in [-0.25, -0.2) is 8.78 Å². The molecule has 97 heavy (non-hydrogen) atoms. The predicted molar refractivity (Wildman–Crippen MR) is 364 cm³/mol. The Labute approximate surface area is 576 Å². The molecule has 3 saturated carbocycles. The summed E-state index contributed by atoms with van der Waals surface area (Å²) < 4.78 is 30.3. The van der Waals surface area contributed by atoms with Crippen LogP contribution >= 0.6 is 23.5 Å². The van der Waals surface area contributed by atoms with Crippen LogP contribution in [-0.4, -0.2) is 211 Å². The van der Waals surface area contributed by atoms with Gasteiger partial charge >= 0.3 is 0 Å². The summed E-state index contributed by atoms with van der Waals surface area (Å²) in [7, 11) is 0. The molecule has 3 aliphatic carbocycles. The Bertz CT molecular complexity index is 2880. The zero-order valence-electron chi connectivity index (χ0n) is 55.9. The highest BCUT2D eigenvalue weighted by Gasteiger charge is 2.46. The molecule has 30 heteroatoms. The molecule has 17 atom stereocenters. The first-order chi connectivity index (χ1) is 46.7. The number of hydrogen-bond donors (Lipinski definition) is 15. The molecule has 0 radical (unpaired) electrons. The van der Waals surface area contributed by atoms with Gasteiger partial charge in [-0.2, -0.15) is 23.5 Å². The number of halogens is 2. The van der Waals surface area contributed by atoms with E-state index in [1.807, 2.05) is 24.3 Å². The molecule has 0 spiro atoms. The summed E-state index contributed by atoms with van der Waals surface area (Å²) in [5.74, 6) is -6.09. The van der Waals surface area contributed by atoms with E-state index in [0.717, 1.165) is 11.1 Å². The number of benzene rings is 1. The number of primary amides is 1. The van der Waals surface area contributed by atoms with E-state index in [0.29, 0.717) is 121 Å². The molecule has 0 aromatic heterocycles. The second-order valence-electron chi connectivity index (χ2n) is 28.3. The van der Waals surface area contributed by atoms with Gasteiger partial charge in [0.25, 0.3) is 0 Å². The zero-order valence-corrected chi connectivity index (χ0v) is 57.5. The van der Waals surface area contributed by atoms with Gasteiger partial charge in [-0.3, -0.25) is 47.9 Å². The Morgan fingerprint density at radius 1 is 0.629 bits per heavy atom. The number of aliphatic hydroxyl groups is 1. The van der Waals surface area contributed by atoms with Gasteiger partial charge in [0.2, 0.25) is 59.1 Å². The fraction of sp³-hybridized carbons (Fsp3) is 0.761. The van der Waals surface area contributed by atoms with Crippen molar-refractivity contribution in [1.29, 1.82) is 0 Å². The van der Waals surface area contributed by atoms with Crippen molar-refractivity contribution in [2.75, 3.05) is 57.4 Å². The fourth-order valence-corrected chi connectivity index (χ4v) is 17.6. The molecule has 4 saturated heterocycles. The normalized spacial score (nSPS) is 35.6. The van der Waals surface area contributed by atoms with Crippen LogP contribution in [0.3, 0.4) is 0 Å². The van der Waals surface area contributed by atoms with Crippen molar-refractivity contribution in [3.05, 3.63) is 35.4 Å². The number of aliphatic hydroxyl groups excluding tert-OH is 1. The number of alkyl halides is 2. The Hall–Kier alpha value is -5.76. The first-order valence-corrected chi connectivity index (χ1v) is 37.8. The number of thioether (sulfide) groups is 2. The summed E-state index contributed by atoms with van der Waals surface area (Å²) >= 11 is 2.91. The highest BCUT2D eigenvalue weighted by atomic mass is 32.2. The van der Waals surface area contributed by atoms with Crippen molar-refractivity contribution in [1.82, 2.24) is 68.7 Å². The van der Waals surface area contributed by atoms with Crippen LogP contribution < -0.4 is 75.3 Å². The van der Waals surface area contributed by atoms with E-state index in [1.165, 1.54) is 35.3 Å². The second kappa shape index (κ2) is 37.1. The maximum absolute atomic E-state index is 15.2. The van der Waals surface area contributed by atoms with Crippen molar-refractivity contribution in [2.24, 2.45) is 41.1 Å². The number of nitrogens with two attached hydrogens (primary N) is 2. The van der Waals surface area contributed by atoms with Crippen LogP contribution in [-0.2, 0) is 59.5 Å². The number of unbranched alkanes of at least 4 members (excludes halogenated alkanes) is 1. The second-order valence-corrected chi connectivity index (χ2v) is 30.4. The van der Waals surface area contributed by atoms with Crippen molar-refractivity contribution in [3.8, 4) is 0 Å². The van der Waals surface area contributed by atoms with Gasteiger partial charge in [0.1, 0.15) is 60.7 Å². The van der Waals surface area contributed by atoms with Gasteiger partial charge in [-0.15, -0.1) is 0 Å². The molecule has 8 aliphatic rings. The lowest BCUT2D eigenvalue weighted by molar-refractivity contribution is -0.143. The highest BCUT2D eigenvalue weighted by Crippen LogP contribution is 2.40. The average molecular weight is 1400 g/mol. The Kier molecular flexibility index (Phi) is 28.8. The maximum atomic E-state index is 15.2. The smallest absolute Gasteiger partial charge is 0.245 e. The van der Waals surface area contributed by atoms with Crippen LogP contribution in [0.25, 0.3) is 0 Å². The van der Waals surface area contributed by atoms with E-state index < -0.39 is 126 Å². The number of hydrogen-bond acceptors (Lipinski definition) is 18. The van der Waals surface area contributed by atoms with Crippen LogP contribution in [0, 0.1) is 29.6 Å². The molecular formula is C67H105F2N15O11S2. The summed E-state index contributed by atoms with van der Waals surface area (Å²) in [5, 5.41) is 46.5. The van der Waals surface area contributed by atoms with Crippen LogP contribution in [0.1, 0.15) is 146 Å². The van der Waals surface area contributed by atoms with E-state index in [2.05, 4.69) is 63.8 Å². The van der Waals surface area contributed by atoms with E-state index in [9.17, 15) is 43.5 Å². The number of amides is 10. The lowest BCUT2D eigenvalue weighted by atomic mass is 9.76. The summed E-state index contributed by atoms with van der Waals surface area (Å²) in [6, 6.07) is -2.13. The minimum absolute atomic E-state index is 0.00947. The molecule has 540 valence electrons. The van der Waals surface area contributed by atoms with E-state index in [1.54, 1.807) is 0 Å². The Morgan fingerprint density at radius 3 is 1.88 bits per heavy atom. The molecule has 2 bridgehead atoms. The first kappa shape index (κ1) is 75.4. The molecular weight excluding hydrogens is 1290 g/mol. The summed E-state index contributed by atoms with van der Waals surface area (Å²) in [6.45, 7) is 3.06. The molecule has 7 fully saturated rings. The van der Waals surface area contributed by atoms with Gasteiger partial charge in [0.15, 0.2) is 0 Å². The average Bonchev–Trinajstić information content (AvgIpc) is 1.73. The molecule has 5 aliphatic heterocycles. The van der Waals surface area contributed by atoms with Gasteiger partial charge in [0, 0.05) is 67.3 Å². The molecule has 5 heterocycles. The Morgan fingerprint density at radius 2 is 1.24 bits per heavy atom. The minimum Gasteiger partial charge on any atom is -0.393 e. The van der Waals surface area contributed by atoms with Crippen LogP contribution in [0.2, 0.25) is 0 Å². The minimum atomic E-state index is -1.35. The van der Waals surface area contributed by atoms with Gasteiger partial charge in [-0.05, 0) is 189 Å². The molecule has 1 aromatic rings. The molecule has 10 amide bonds. The molecule has 26 nitrogen and oxygen atoms in total. The summed E-state index contributed by atoms with van der Waals surface area (Å²) in [4.78, 5) is 145. The quantitative estimate of drug-likeness (QED) is 0.113. The molecule has 1 aromatic carbocycles. The number of rotatable bonds is 13. The summed E-state index contributed by atoms with van der Waals surface area (Å²) in [5.41, 5.74) is 13.6. The Balaban J connectivity index is 0.990. The van der Waals surface area contributed by atoms with E-state index >= 15 is 18.4 Å². The standard InChI is InChI=1S/C67H105F2N15O11S2/c1-37-61(89)80-54(28-45-31-72-36-76-45)65(93)82-55(23-38-10-14-46(85)15-11-38)67(95)84-20-5-9-57(84)66(94)83-56(60(71)88)35-97-34-40-7-4-6-39(22-40)33-96-21-18-58(86)78-51(8-2-3-19-70)62(90)75-32-59(87)79-52(24-41-29-73-49-16-12-43(68)26-47(41)49)64(92)81-53(63(91)77-37)25-42-30-74-50-17-13-44(69)27-48(42)50/h4,6-7,22,37-38,41-57,72-74,76,85H,2-3,5,8-21,23-36,70H2,1H3,(H2,71,88)(H,75,90)(H,77,91)(H,78,86)(H,79,87)(H,80,89)(H,81,92)(H,82,93)(H,83,94)/t37-,38?,41?,42?,43?,44?,45?,46?,47?,48?,49?,50?,51-,52-,53-,54-,55-,56-,57-/m0/s1. The third kappa shape index (κ3) is 22.1. The summed E-state index contributed by atoms with van der Waals surface area (Å²) in [6.07, 6.45) is 4.29. The number of fused-ring (bicyclic) bond motifs is 5. The molecule has 9 rings (SSSR count). The number of nitrogens with zero attached hydrogens (tertiary/aromatic N) is 1. The topological polar surface area (TPSA) is 391 Å². The largest absolute Gasteiger partial charge is 0.393 e. The zero-order chi connectivity index (χ0) is 69.1. The van der Waals surface area contributed by atoms with Crippen LogP contribution in [0.15, 0.2) is 24.3 Å². The van der Waals surface area contributed by atoms with E-state index in [-0.39, 0.29) is 124 Å². The number of carbonyl (C=O) groups is 10. The van der Waals surface area contributed by atoms with Gasteiger partial charge < -0.3 is 85.3 Å².